The first-order valence-electron chi connectivity index (χ1n) is 7.62. The van der Waals surface area contributed by atoms with Gasteiger partial charge in [-0.2, -0.15) is 8.78 Å². The van der Waals surface area contributed by atoms with E-state index in [1.165, 1.54) is 12.1 Å². The predicted molar refractivity (Wildman–Crippen MR) is 84.3 cm³/mol. The third kappa shape index (κ3) is 3.49. The summed E-state index contributed by atoms with van der Waals surface area (Å²) in [5, 5.41) is 13.5. The molecule has 6 nitrogen and oxygen atoms in total. The molecule has 0 spiro atoms. The van der Waals surface area contributed by atoms with Gasteiger partial charge in [0.1, 0.15) is 11.4 Å². The highest BCUT2D eigenvalue weighted by Crippen LogP contribution is 2.27. The standard InChI is InChI=1S/C16H19F2N3O3/c1-21-6-5-16(23,9-21)8-19-14(22)12-7-10-11(20-12)3-2-4-13(10)24-15(17)18/h2-4,7,15,20,23H,5-6,8-9H2,1H3,(H,19,22). The summed E-state index contributed by atoms with van der Waals surface area (Å²) in [6.45, 7) is -1.54. The second-order valence-electron chi connectivity index (χ2n) is 6.17. The number of fused-ring (bicyclic) bond motifs is 1. The lowest BCUT2D eigenvalue weighted by Gasteiger charge is -2.22. The zero-order valence-corrected chi connectivity index (χ0v) is 13.2. The van der Waals surface area contributed by atoms with Crippen molar-refractivity contribution in [3.05, 3.63) is 30.0 Å². The number of rotatable bonds is 5. The van der Waals surface area contributed by atoms with Gasteiger partial charge in [0, 0.05) is 30.5 Å². The van der Waals surface area contributed by atoms with Crippen molar-refractivity contribution < 1.29 is 23.4 Å². The first-order chi connectivity index (χ1) is 11.4. The van der Waals surface area contributed by atoms with Crippen molar-refractivity contribution in [1.29, 1.82) is 0 Å². The number of aromatic nitrogens is 1. The van der Waals surface area contributed by atoms with Crippen molar-refractivity contribution in [3.8, 4) is 5.75 Å². The van der Waals surface area contributed by atoms with Gasteiger partial charge in [0.15, 0.2) is 0 Å². The Kier molecular flexibility index (Phi) is 4.42. The van der Waals surface area contributed by atoms with Crippen molar-refractivity contribution in [3.63, 3.8) is 0 Å². The number of carbonyl (C=O) groups is 1. The van der Waals surface area contributed by atoms with Gasteiger partial charge >= 0.3 is 6.61 Å². The smallest absolute Gasteiger partial charge is 0.387 e. The molecule has 0 bridgehead atoms. The lowest BCUT2D eigenvalue weighted by molar-refractivity contribution is -0.0487. The molecule has 2 aromatic rings. The first kappa shape index (κ1) is 16.7. The summed E-state index contributed by atoms with van der Waals surface area (Å²) in [4.78, 5) is 17.1. The Hall–Kier alpha value is -2.19. The second kappa shape index (κ2) is 6.37. The van der Waals surface area contributed by atoms with Gasteiger partial charge in [-0.15, -0.1) is 0 Å². The minimum Gasteiger partial charge on any atom is -0.434 e. The number of nitrogens with one attached hydrogen (secondary N) is 2. The largest absolute Gasteiger partial charge is 0.434 e. The van der Waals surface area contributed by atoms with E-state index in [0.29, 0.717) is 23.9 Å². The summed E-state index contributed by atoms with van der Waals surface area (Å²) >= 11 is 0. The predicted octanol–water partition coefficient (Wildman–Crippen LogP) is 1.57. The Morgan fingerprint density at radius 3 is 3.00 bits per heavy atom. The average Bonchev–Trinajstić information content (AvgIpc) is 3.09. The zero-order valence-electron chi connectivity index (χ0n) is 13.2. The van der Waals surface area contributed by atoms with Crippen LogP contribution in [0, 0.1) is 0 Å². The molecule has 1 unspecified atom stereocenters. The molecule has 3 N–H and O–H groups in total. The van der Waals surface area contributed by atoms with E-state index in [1.54, 1.807) is 12.1 Å². The van der Waals surface area contributed by atoms with E-state index >= 15 is 0 Å². The minimum absolute atomic E-state index is 0.00819. The number of hydrogen-bond donors (Lipinski definition) is 3. The first-order valence-corrected chi connectivity index (χ1v) is 7.62. The molecule has 1 aliphatic rings. The maximum Gasteiger partial charge on any atom is 0.387 e. The molecule has 0 radical (unpaired) electrons. The van der Waals surface area contributed by atoms with Crippen molar-refractivity contribution in [2.75, 3.05) is 26.7 Å². The Bertz CT molecular complexity index is 749. The van der Waals surface area contributed by atoms with Crippen LogP contribution in [-0.2, 0) is 0 Å². The molecule has 2 heterocycles. The monoisotopic (exact) mass is 339 g/mol. The fourth-order valence-corrected chi connectivity index (χ4v) is 2.99. The minimum atomic E-state index is -2.93. The summed E-state index contributed by atoms with van der Waals surface area (Å²) in [5.41, 5.74) is -0.191. The fraction of sp³-hybridized carbons (Fsp3) is 0.438. The number of hydrogen-bond acceptors (Lipinski definition) is 4. The quantitative estimate of drug-likeness (QED) is 0.773. The van der Waals surface area contributed by atoms with E-state index in [4.69, 9.17) is 0 Å². The highest BCUT2D eigenvalue weighted by atomic mass is 19.3. The number of alkyl halides is 2. The van der Waals surface area contributed by atoms with Crippen LogP contribution in [0.25, 0.3) is 10.9 Å². The number of likely N-dealkylation sites (N-methyl/N-ethyl adjacent to an activating group) is 1. The van der Waals surface area contributed by atoms with Gasteiger partial charge in [-0.3, -0.25) is 4.79 Å². The number of H-pyrrole nitrogens is 1. The molecule has 1 amide bonds. The van der Waals surface area contributed by atoms with Crippen molar-refractivity contribution in [1.82, 2.24) is 15.2 Å². The molecular formula is C16H19F2N3O3. The number of aliphatic hydroxyl groups is 1. The van der Waals surface area contributed by atoms with Crippen molar-refractivity contribution in [2.24, 2.45) is 0 Å². The molecular weight excluding hydrogens is 320 g/mol. The molecule has 1 aliphatic heterocycles. The number of carbonyl (C=O) groups excluding carboxylic acids is 1. The van der Waals surface area contributed by atoms with Crippen LogP contribution in [0.1, 0.15) is 16.9 Å². The molecule has 1 atom stereocenters. The number of aromatic amines is 1. The highest BCUT2D eigenvalue weighted by molar-refractivity contribution is 5.99. The maximum atomic E-state index is 12.4. The van der Waals surface area contributed by atoms with E-state index in [0.717, 1.165) is 6.54 Å². The molecule has 24 heavy (non-hydrogen) atoms. The van der Waals surface area contributed by atoms with E-state index in [-0.39, 0.29) is 18.0 Å². The van der Waals surface area contributed by atoms with Crippen LogP contribution in [0.5, 0.6) is 5.75 Å². The SMILES string of the molecule is CN1CCC(O)(CNC(=O)c2cc3c(OC(F)F)cccc3[nH]2)C1. The number of amides is 1. The molecule has 3 rings (SSSR count). The molecule has 1 aromatic heterocycles. The highest BCUT2D eigenvalue weighted by Gasteiger charge is 2.34. The van der Waals surface area contributed by atoms with Crippen LogP contribution >= 0.6 is 0 Å². The van der Waals surface area contributed by atoms with Gasteiger partial charge < -0.3 is 25.0 Å². The number of benzene rings is 1. The second-order valence-corrected chi connectivity index (χ2v) is 6.17. The van der Waals surface area contributed by atoms with Gasteiger partial charge in [-0.05, 0) is 31.7 Å². The topological polar surface area (TPSA) is 77.6 Å². The van der Waals surface area contributed by atoms with Crippen LogP contribution in [0.3, 0.4) is 0 Å². The van der Waals surface area contributed by atoms with E-state index in [1.807, 2.05) is 11.9 Å². The van der Waals surface area contributed by atoms with Gasteiger partial charge in [0.25, 0.3) is 5.91 Å². The van der Waals surface area contributed by atoms with E-state index < -0.39 is 18.1 Å². The Balaban J connectivity index is 1.73. The van der Waals surface area contributed by atoms with Crippen LogP contribution in [-0.4, -0.2) is 59.8 Å². The average molecular weight is 339 g/mol. The summed E-state index contributed by atoms with van der Waals surface area (Å²) < 4.78 is 29.3. The molecule has 0 saturated carbocycles. The van der Waals surface area contributed by atoms with Crippen LogP contribution in [0.4, 0.5) is 8.78 Å². The molecule has 130 valence electrons. The number of likely N-dealkylation sites (tertiary alicyclic amines) is 1. The number of ether oxygens (including phenoxy) is 1. The zero-order chi connectivity index (χ0) is 17.3. The van der Waals surface area contributed by atoms with Crippen LogP contribution in [0.2, 0.25) is 0 Å². The molecule has 1 saturated heterocycles. The Morgan fingerprint density at radius 2 is 2.33 bits per heavy atom. The van der Waals surface area contributed by atoms with Crippen molar-refractivity contribution in [2.45, 2.75) is 18.6 Å². The third-order valence-corrected chi connectivity index (χ3v) is 4.19. The third-order valence-electron chi connectivity index (χ3n) is 4.19. The fourth-order valence-electron chi connectivity index (χ4n) is 2.99. The summed E-state index contributed by atoms with van der Waals surface area (Å²) in [6, 6.07) is 6.12. The van der Waals surface area contributed by atoms with Crippen LogP contribution < -0.4 is 10.1 Å². The maximum absolute atomic E-state index is 12.4. The number of β-amino-alcohol motifs (C(OH)–C–C–N with tert-alkyl or cyclic N) is 1. The van der Waals surface area contributed by atoms with E-state index in [2.05, 4.69) is 15.0 Å². The Labute approximate surface area is 137 Å². The Morgan fingerprint density at radius 1 is 1.54 bits per heavy atom. The molecule has 1 fully saturated rings. The van der Waals surface area contributed by atoms with Gasteiger partial charge in [0.05, 0.1) is 5.60 Å². The summed E-state index contributed by atoms with van der Waals surface area (Å²) in [6.07, 6.45) is 0.586. The summed E-state index contributed by atoms with van der Waals surface area (Å²) in [7, 11) is 1.90. The van der Waals surface area contributed by atoms with Crippen molar-refractivity contribution >= 4 is 16.8 Å². The number of halogens is 2. The molecule has 0 aliphatic carbocycles. The summed E-state index contributed by atoms with van der Waals surface area (Å²) in [5.74, 6) is -0.397. The lowest BCUT2D eigenvalue weighted by atomic mass is 10.0. The normalized spacial score (nSPS) is 21.5. The molecule has 1 aromatic carbocycles. The van der Waals surface area contributed by atoms with Crippen LogP contribution in [0.15, 0.2) is 24.3 Å². The van der Waals surface area contributed by atoms with Gasteiger partial charge in [-0.25, -0.2) is 0 Å². The van der Waals surface area contributed by atoms with Gasteiger partial charge in [-0.1, -0.05) is 6.07 Å². The van der Waals surface area contributed by atoms with Gasteiger partial charge in [0.2, 0.25) is 0 Å². The lowest BCUT2D eigenvalue weighted by Crippen LogP contribution is -2.44. The molecule has 8 heteroatoms. The number of nitrogens with zero attached hydrogens (tertiary/aromatic N) is 1. The van der Waals surface area contributed by atoms with E-state index in [9.17, 15) is 18.7 Å².